The van der Waals surface area contributed by atoms with Gasteiger partial charge in [0.15, 0.2) is 5.69 Å². The summed E-state index contributed by atoms with van der Waals surface area (Å²) in [6, 6.07) is 8.39. The lowest BCUT2D eigenvalue weighted by atomic mass is 10.1. The molecule has 24 heavy (non-hydrogen) atoms. The van der Waals surface area contributed by atoms with Crippen LogP contribution in [0.25, 0.3) is 5.69 Å². The second-order valence-corrected chi connectivity index (χ2v) is 6.86. The number of amides is 1. The monoisotopic (exact) mass is 324 g/mol. The first kappa shape index (κ1) is 15.4. The van der Waals surface area contributed by atoms with E-state index in [-0.39, 0.29) is 11.9 Å². The van der Waals surface area contributed by atoms with Gasteiger partial charge in [0.25, 0.3) is 5.91 Å². The molecule has 5 heteroatoms. The molecule has 0 spiro atoms. The molecule has 2 heterocycles. The lowest BCUT2D eigenvalue weighted by Crippen LogP contribution is -2.40. The van der Waals surface area contributed by atoms with E-state index in [2.05, 4.69) is 19.1 Å². The van der Waals surface area contributed by atoms with Gasteiger partial charge in [0.2, 0.25) is 0 Å². The summed E-state index contributed by atoms with van der Waals surface area (Å²) in [5.41, 5.74) is 11.1. The quantitative estimate of drug-likeness (QED) is 0.941. The zero-order valence-corrected chi connectivity index (χ0v) is 14.2. The maximum Gasteiger partial charge on any atom is 0.274 e. The number of rotatable bonds is 3. The third-order valence-electron chi connectivity index (χ3n) is 5.39. The molecule has 126 valence electrons. The molecule has 1 aromatic carbocycles. The lowest BCUT2D eigenvalue weighted by Gasteiger charge is -2.22. The van der Waals surface area contributed by atoms with Crippen LogP contribution in [0.15, 0.2) is 24.3 Å². The average Bonchev–Trinajstić information content (AvgIpc) is 3.30. The summed E-state index contributed by atoms with van der Waals surface area (Å²) in [6.45, 7) is 3.42. The predicted molar refractivity (Wildman–Crippen MR) is 93.4 cm³/mol. The molecule has 1 fully saturated rings. The topological polar surface area (TPSA) is 64.2 Å². The molecule has 2 aromatic rings. The normalized spacial score (nSPS) is 19.8. The largest absolute Gasteiger partial charge is 0.333 e. The van der Waals surface area contributed by atoms with Crippen LogP contribution in [0.4, 0.5) is 0 Å². The number of fused-ring (bicyclic) bond motifs is 1. The van der Waals surface area contributed by atoms with Gasteiger partial charge in [-0.25, -0.2) is 4.68 Å². The Bertz CT molecular complexity index is 780. The van der Waals surface area contributed by atoms with E-state index >= 15 is 0 Å². The van der Waals surface area contributed by atoms with Crippen LogP contribution in [0.5, 0.6) is 0 Å². The van der Waals surface area contributed by atoms with Crippen LogP contribution in [0.1, 0.15) is 46.6 Å². The van der Waals surface area contributed by atoms with Crippen molar-refractivity contribution in [2.45, 2.75) is 45.1 Å². The highest BCUT2D eigenvalue weighted by Crippen LogP contribution is 2.30. The Morgan fingerprint density at radius 1 is 1.29 bits per heavy atom. The molecule has 0 bridgehead atoms. The molecule has 0 radical (unpaired) electrons. The van der Waals surface area contributed by atoms with E-state index in [9.17, 15) is 4.79 Å². The summed E-state index contributed by atoms with van der Waals surface area (Å²) in [4.78, 5) is 15.0. The van der Waals surface area contributed by atoms with Crippen molar-refractivity contribution in [2.24, 2.45) is 5.73 Å². The molecule has 1 atom stereocenters. The first-order chi connectivity index (χ1) is 11.7. The Hall–Kier alpha value is -2.14. The van der Waals surface area contributed by atoms with Gasteiger partial charge in [-0.1, -0.05) is 18.2 Å². The molecule has 1 aliphatic heterocycles. The Morgan fingerprint density at radius 2 is 2.12 bits per heavy atom. The molecule has 1 saturated heterocycles. The van der Waals surface area contributed by atoms with Crippen LogP contribution in [-0.4, -0.2) is 39.7 Å². The number of aryl methyl sites for hydroxylation is 1. The maximum atomic E-state index is 13.1. The summed E-state index contributed by atoms with van der Waals surface area (Å²) in [5, 5.41) is 4.76. The minimum absolute atomic E-state index is 0.0634. The van der Waals surface area contributed by atoms with E-state index in [0.29, 0.717) is 12.2 Å². The first-order valence-electron chi connectivity index (χ1n) is 8.88. The molecule has 1 amide bonds. The SMILES string of the molecule is Cc1ccccc1-n1nc(C(=O)N2CCCC2CN)c2c1CCC2. The molecule has 2 aliphatic rings. The Labute approximate surface area is 142 Å². The van der Waals surface area contributed by atoms with Crippen LogP contribution < -0.4 is 5.73 Å². The van der Waals surface area contributed by atoms with Crippen LogP contribution >= 0.6 is 0 Å². The summed E-state index contributed by atoms with van der Waals surface area (Å²) in [7, 11) is 0. The standard InChI is InChI=1S/C19H24N4O/c1-13-6-2-3-9-16(13)23-17-10-4-8-15(17)18(21-23)19(24)22-11-5-7-14(22)12-20/h2-3,6,9,14H,4-5,7-8,10-12,20H2,1H3. The van der Waals surface area contributed by atoms with Gasteiger partial charge >= 0.3 is 0 Å². The van der Waals surface area contributed by atoms with Gasteiger partial charge in [-0.3, -0.25) is 4.79 Å². The van der Waals surface area contributed by atoms with E-state index in [0.717, 1.165) is 49.9 Å². The van der Waals surface area contributed by atoms with Gasteiger partial charge in [-0.15, -0.1) is 0 Å². The molecule has 5 nitrogen and oxygen atoms in total. The van der Waals surface area contributed by atoms with E-state index in [1.807, 2.05) is 21.7 Å². The fourth-order valence-corrected chi connectivity index (χ4v) is 4.09. The van der Waals surface area contributed by atoms with Gasteiger partial charge in [0, 0.05) is 30.4 Å². The second kappa shape index (κ2) is 6.06. The summed E-state index contributed by atoms with van der Waals surface area (Å²) >= 11 is 0. The third-order valence-corrected chi connectivity index (χ3v) is 5.39. The van der Waals surface area contributed by atoms with Gasteiger partial charge < -0.3 is 10.6 Å². The Morgan fingerprint density at radius 3 is 2.92 bits per heavy atom. The molecule has 1 aliphatic carbocycles. The minimum Gasteiger partial charge on any atom is -0.333 e. The van der Waals surface area contributed by atoms with E-state index < -0.39 is 0 Å². The van der Waals surface area contributed by atoms with Gasteiger partial charge in [0.05, 0.1) is 5.69 Å². The highest BCUT2D eigenvalue weighted by atomic mass is 16.2. The second-order valence-electron chi connectivity index (χ2n) is 6.86. The van der Waals surface area contributed by atoms with Crippen molar-refractivity contribution in [3.63, 3.8) is 0 Å². The highest BCUT2D eigenvalue weighted by Gasteiger charge is 2.34. The fourth-order valence-electron chi connectivity index (χ4n) is 4.09. The average molecular weight is 324 g/mol. The first-order valence-corrected chi connectivity index (χ1v) is 8.88. The van der Waals surface area contributed by atoms with E-state index in [1.165, 1.54) is 11.3 Å². The van der Waals surface area contributed by atoms with E-state index in [4.69, 9.17) is 10.8 Å². The number of likely N-dealkylation sites (tertiary alicyclic amines) is 1. The Kier molecular flexibility index (Phi) is 3.88. The minimum atomic E-state index is 0.0634. The highest BCUT2D eigenvalue weighted by molar-refractivity contribution is 5.94. The van der Waals surface area contributed by atoms with Crippen LogP contribution in [0.2, 0.25) is 0 Å². The van der Waals surface area contributed by atoms with Crippen molar-refractivity contribution in [2.75, 3.05) is 13.1 Å². The molecular weight excluding hydrogens is 300 g/mol. The maximum absolute atomic E-state index is 13.1. The van der Waals surface area contributed by atoms with Crippen molar-refractivity contribution in [3.05, 3.63) is 46.8 Å². The molecule has 1 unspecified atom stereocenters. The van der Waals surface area contributed by atoms with Gasteiger partial charge in [-0.2, -0.15) is 5.10 Å². The number of nitrogens with two attached hydrogens (primary N) is 1. The smallest absolute Gasteiger partial charge is 0.274 e. The molecule has 4 rings (SSSR count). The third kappa shape index (κ3) is 2.35. The number of para-hydroxylation sites is 1. The van der Waals surface area contributed by atoms with Gasteiger partial charge in [-0.05, 0) is 50.7 Å². The summed E-state index contributed by atoms with van der Waals surface area (Å²) < 4.78 is 2.00. The van der Waals surface area contributed by atoms with Crippen molar-refractivity contribution in [1.29, 1.82) is 0 Å². The zero-order chi connectivity index (χ0) is 16.7. The number of carbonyl (C=O) groups is 1. The molecule has 1 aromatic heterocycles. The van der Waals surface area contributed by atoms with Crippen LogP contribution in [0, 0.1) is 6.92 Å². The van der Waals surface area contributed by atoms with Crippen molar-refractivity contribution in [1.82, 2.24) is 14.7 Å². The zero-order valence-electron chi connectivity index (χ0n) is 14.2. The molecular formula is C19H24N4O. The number of benzene rings is 1. The summed E-state index contributed by atoms with van der Waals surface area (Å²) in [5.74, 6) is 0.0634. The van der Waals surface area contributed by atoms with Crippen LogP contribution in [-0.2, 0) is 12.8 Å². The number of nitrogens with zero attached hydrogens (tertiary/aromatic N) is 3. The summed E-state index contributed by atoms with van der Waals surface area (Å²) in [6.07, 6.45) is 5.07. The lowest BCUT2D eigenvalue weighted by molar-refractivity contribution is 0.0733. The molecule has 2 N–H and O–H groups in total. The fraction of sp³-hybridized carbons (Fsp3) is 0.474. The van der Waals surface area contributed by atoms with Gasteiger partial charge in [0.1, 0.15) is 0 Å². The number of carbonyl (C=O) groups excluding carboxylic acids is 1. The number of hydrogen-bond donors (Lipinski definition) is 1. The molecule has 0 saturated carbocycles. The predicted octanol–water partition coefficient (Wildman–Crippen LogP) is 2.23. The van der Waals surface area contributed by atoms with Crippen molar-refractivity contribution in [3.8, 4) is 5.69 Å². The number of hydrogen-bond acceptors (Lipinski definition) is 3. The van der Waals surface area contributed by atoms with Crippen LogP contribution in [0.3, 0.4) is 0 Å². The number of aromatic nitrogens is 2. The van der Waals surface area contributed by atoms with E-state index in [1.54, 1.807) is 0 Å². The van der Waals surface area contributed by atoms with Crippen molar-refractivity contribution < 1.29 is 4.79 Å². The van der Waals surface area contributed by atoms with Crippen molar-refractivity contribution >= 4 is 5.91 Å². The Balaban J connectivity index is 1.77.